The summed E-state index contributed by atoms with van der Waals surface area (Å²) >= 11 is 0. The number of amides is 1. The zero-order chi connectivity index (χ0) is 17.1. The Balaban J connectivity index is 1.52. The molecule has 1 atom stereocenters. The van der Waals surface area contributed by atoms with Crippen LogP contribution in [0.15, 0.2) is 59.9 Å². The fourth-order valence-corrected chi connectivity index (χ4v) is 2.99. The summed E-state index contributed by atoms with van der Waals surface area (Å²) in [6.07, 6.45) is 8.04. The molecule has 0 saturated heterocycles. The summed E-state index contributed by atoms with van der Waals surface area (Å²) in [6.45, 7) is 2.21. The molecule has 3 aromatic heterocycles. The minimum atomic E-state index is -0.152. The molecule has 0 spiro atoms. The van der Waals surface area contributed by atoms with E-state index in [0.29, 0.717) is 31.9 Å². The van der Waals surface area contributed by atoms with Crippen LogP contribution in [0.3, 0.4) is 0 Å². The molecular formula is C18H18N4O3. The maximum atomic E-state index is 12.7. The Hall–Kier alpha value is -2.93. The van der Waals surface area contributed by atoms with E-state index < -0.39 is 0 Å². The highest BCUT2D eigenvalue weighted by atomic mass is 16.5. The molecule has 3 aromatic rings. The van der Waals surface area contributed by atoms with Gasteiger partial charge in [-0.2, -0.15) is 0 Å². The van der Waals surface area contributed by atoms with Crippen LogP contribution in [0.1, 0.15) is 21.7 Å². The van der Waals surface area contributed by atoms with Crippen LogP contribution in [0.25, 0.3) is 0 Å². The molecule has 0 radical (unpaired) electrons. The molecule has 0 aliphatic carbocycles. The van der Waals surface area contributed by atoms with E-state index >= 15 is 0 Å². The lowest BCUT2D eigenvalue weighted by molar-refractivity contribution is 0.0104. The van der Waals surface area contributed by atoms with Gasteiger partial charge in [0.05, 0.1) is 25.8 Å². The number of pyridine rings is 1. The maximum absolute atomic E-state index is 12.7. The summed E-state index contributed by atoms with van der Waals surface area (Å²) in [5, 5.41) is 0. The molecule has 4 heterocycles. The Morgan fingerprint density at radius 1 is 1.28 bits per heavy atom. The van der Waals surface area contributed by atoms with Crippen molar-refractivity contribution >= 4 is 5.91 Å². The van der Waals surface area contributed by atoms with Crippen molar-refractivity contribution in [2.24, 2.45) is 0 Å². The molecule has 1 aliphatic rings. The summed E-state index contributed by atoms with van der Waals surface area (Å²) in [4.78, 5) is 22.4. The molecule has 0 bridgehead atoms. The van der Waals surface area contributed by atoms with Crippen LogP contribution in [-0.2, 0) is 24.4 Å². The van der Waals surface area contributed by atoms with E-state index in [1.807, 2.05) is 30.5 Å². The molecule has 128 valence electrons. The van der Waals surface area contributed by atoms with E-state index in [9.17, 15) is 4.79 Å². The normalized spacial score (nSPS) is 17.1. The second-order valence-corrected chi connectivity index (χ2v) is 6.00. The minimum Gasteiger partial charge on any atom is -0.451 e. The van der Waals surface area contributed by atoms with Crippen LogP contribution < -0.4 is 0 Å². The fraction of sp³-hybridized carbons (Fsp3) is 0.278. The van der Waals surface area contributed by atoms with E-state index in [1.165, 1.54) is 12.7 Å². The molecular weight excluding hydrogens is 320 g/mol. The lowest BCUT2D eigenvalue weighted by atomic mass is 10.2. The number of ether oxygens (including phenoxy) is 1. The first kappa shape index (κ1) is 15.6. The number of hydrogen-bond acceptors (Lipinski definition) is 5. The third kappa shape index (κ3) is 3.46. The number of nitrogens with zero attached hydrogens (tertiary/aromatic N) is 4. The van der Waals surface area contributed by atoms with E-state index in [1.54, 1.807) is 17.3 Å². The summed E-state index contributed by atoms with van der Waals surface area (Å²) in [7, 11) is 0. The van der Waals surface area contributed by atoms with Crippen molar-refractivity contribution in [2.75, 3.05) is 6.54 Å². The fourth-order valence-electron chi connectivity index (χ4n) is 2.99. The number of fused-ring (bicyclic) bond motifs is 1. The van der Waals surface area contributed by atoms with Crippen molar-refractivity contribution in [1.82, 2.24) is 19.4 Å². The third-order valence-electron chi connectivity index (χ3n) is 4.27. The number of rotatable bonds is 4. The molecule has 0 N–H and O–H groups in total. The standard InChI is InChI=1S/C18H18N4O3/c23-18(17-12-24-13-20-17)22-8-15-2-1-7-21(15)9-16(10-22)25-11-14-3-5-19-6-4-14/h1-7,12-13,16H,8-11H2. The summed E-state index contributed by atoms with van der Waals surface area (Å²) in [6, 6.07) is 7.86. The van der Waals surface area contributed by atoms with Gasteiger partial charge in [0.1, 0.15) is 6.26 Å². The van der Waals surface area contributed by atoms with E-state index in [2.05, 4.69) is 14.5 Å². The number of aromatic nitrogens is 3. The Bertz CT molecular complexity index is 829. The molecule has 7 nitrogen and oxygen atoms in total. The maximum Gasteiger partial charge on any atom is 0.276 e. The van der Waals surface area contributed by atoms with Gasteiger partial charge in [0, 0.05) is 30.8 Å². The van der Waals surface area contributed by atoms with Gasteiger partial charge in [0.2, 0.25) is 0 Å². The van der Waals surface area contributed by atoms with Gasteiger partial charge in [0.15, 0.2) is 12.1 Å². The van der Waals surface area contributed by atoms with Crippen LogP contribution in [-0.4, -0.2) is 38.0 Å². The Morgan fingerprint density at radius 3 is 2.96 bits per heavy atom. The molecule has 25 heavy (non-hydrogen) atoms. The summed E-state index contributed by atoms with van der Waals surface area (Å²) in [5.41, 5.74) is 2.45. The highest BCUT2D eigenvalue weighted by molar-refractivity contribution is 5.91. The van der Waals surface area contributed by atoms with Crippen molar-refractivity contribution in [3.05, 3.63) is 72.5 Å². The van der Waals surface area contributed by atoms with Gasteiger partial charge in [-0.05, 0) is 29.8 Å². The zero-order valence-corrected chi connectivity index (χ0v) is 13.6. The topological polar surface area (TPSA) is 73.4 Å². The van der Waals surface area contributed by atoms with Crippen LogP contribution in [0.4, 0.5) is 0 Å². The molecule has 0 aromatic carbocycles. The average Bonchev–Trinajstić information content (AvgIpc) is 3.29. The highest BCUT2D eigenvalue weighted by Crippen LogP contribution is 2.18. The average molecular weight is 338 g/mol. The highest BCUT2D eigenvalue weighted by Gasteiger charge is 2.27. The molecule has 7 heteroatoms. The van der Waals surface area contributed by atoms with Gasteiger partial charge >= 0.3 is 0 Å². The summed E-state index contributed by atoms with van der Waals surface area (Å²) in [5.74, 6) is -0.152. The van der Waals surface area contributed by atoms with Crippen LogP contribution in [0.5, 0.6) is 0 Å². The lowest BCUT2D eigenvalue weighted by Gasteiger charge is -2.23. The van der Waals surface area contributed by atoms with Gasteiger partial charge in [-0.1, -0.05) is 0 Å². The number of carbonyl (C=O) groups excluding carboxylic acids is 1. The lowest BCUT2D eigenvalue weighted by Crippen LogP contribution is -2.37. The predicted molar refractivity (Wildman–Crippen MR) is 88.5 cm³/mol. The van der Waals surface area contributed by atoms with Crippen molar-refractivity contribution in [2.45, 2.75) is 25.8 Å². The number of hydrogen-bond donors (Lipinski definition) is 0. The quantitative estimate of drug-likeness (QED) is 0.728. The summed E-state index contributed by atoms with van der Waals surface area (Å²) < 4.78 is 13.2. The van der Waals surface area contributed by atoms with E-state index in [0.717, 1.165) is 11.3 Å². The molecule has 1 aliphatic heterocycles. The van der Waals surface area contributed by atoms with Gasteiger partial charge in [-0.3, -0.25) is 9.78 Å². The molecule has 0 saturated carbocycles. The van der Waals surface area contributed by atoms with Crippen molar-refractivity contribution in [1.29, 1.82) is 0 Å². The van der Waals surface area contributed by atoms with Crippen molar-refractivity contribution in [3.63, 3.8) is 0 Å². The first-order chi connectivity index (χ1) is 12.3. The first-order valence-electron chi connectivity index (χ1n) is 8.11. The van der Waals surface area contributed by atoms with Gasteiger partial charge in [0.25, 0.3) is 5.91 Å². The van der Waals surface area contributed by atoms with Crippen molar-refractivity contribution < 1.29 is 13.9 Å². The monoisotopic (exact) mass is 338 g/mol. The number of carbonyl (C=O) groups is 1. The number of oxazole rings is 1. The third-order valence-corrected chi connectivity index (χ3v) is 4.27. The molecule has 4 rings (SSSR count). The minimum absolute atomic E-state index is 0.113. The Morgan fingerprint density at radius 2 is 2.16 bits per heavy atom. The van der Waals surface area contributed by atoms with Gasteiger partial charge in [-0.25, -0.2) is 4.98 Å². The first-order valence-corrected chi connectivity index (χ1v) is 8.11. The smallest absolute Gasteiger partial charge is 0.276 e. The Kier molecular flexibility index (Phi) is 4.30. The second kappa shape index (κ2) is 6.90. The zero-order valence-electron chi connectivity index (χ0n) is 13.6. The van der Waals surface area contributed by atoms with Crippen molar-refractivity contribution in [3.8, 4) is 0 Å². The SMILES string of the molecule is O=C(c1cocn1)N1Cc2cccn2CC(OCc2ccncc2)C1. The van der Waals surface area contributed by atoms with Crippen LogP contribution >= 0.6 is 0 Å². The largest absolute Gasteiger partial charge is 0.451 e. The predicted octanol–water partition coefficient (Wildman–Crippen LogP) is 2.11. The molecule has 0 fully saturated rings. The van der Waals surface area contributed by atoms with Gasteiger partial charge in [-0.15, -0.1) is 0 Å². The second-order valence-electron chi connectivity index (χ2n) is 6.00. The van der Waals surface area contributed by atoms with E-state index in [4.69, 9.17) is 9.15 Å². The Labute approximate surface area is 144 Å². The molecule has 1 unspecified atom stereocenters. The van der Waals surface area contributed by atoms with E-state index in [-0.39, 0.29) is 12.0 Å². The molecule has 1 amide bonds. The van der Waals surface area contributed by atoms with Gasteiger partial charge < -0.3 is 18.6 Å². The van der Waals surface area contributed by atoms with Crippen LogP contribution in [0.2, 0.25) is 0 Å². The van der Waals surface area contributed by atoms with Crippen LogP contribution in [0, 0.1) is 0 Å².